The summed E-state index contributed by atoms with van der Waals surface area (Å²) in [5, 5.41) is 13.3. The van der Waals surface area contributed by atoms with E-state index < -0.39 is 5.60 Å². The molecule has 2 fully saturated rings. The smallest absolute Gasteiger partial charge is 0.410 e. The zero-order valence-electron chi connectivity index (χ0n) is 33.0. The molecule has 55 heavy (non-hydrogen) atoms. The van der Waals surface area contributed by atoms with Crippen molar-refractivity contribution in [1.29, 1.82) is 0 Å². The van der Waals surface area contributed by atoms with E-state index in [0.29, 0.717) is 38.2 Å². The Morgan fingerprint density at radius 1 is 0.982 bits per heavy atom. The fourth-order valence-corrected chi connectivity index (χ4v) is 8.16. The number of nitro groups is 1. The minimum Gasteiger partial charge on any atom is -0.457 e. The van der Waals surface area contributed by atoms with Crippen molar-refractivity contribution in [1.82, 2.24) is 14.9 Å². The average Bonchev–Trinajstić information content (AvgIpc) is 3.53. The summed E-state index contributed by atoms with van der Waals surface area (Å²) in [5.74, 6) is -0.204. The first kappa shape index (κ1) is 40.2. The molecule has 0 radical (unpaired) electrons. The van der Waals surface area contributed by atoms with Gasteiger partial charge in [0.15, 0.2) is 0 Å². The van der Waals surface area contributed by atoms with Crippen molar-refractivity contribution in [3.63, 3.8) is 0 Å². The molecule has 1 aromatic rings. The van der Waals surface area contributed by atoms with Gasteiger partial charge in [0.25, 0.3) is 0 Å². The Morgan fingerprint density at radius 2 is 1.78 bits per heavy atom. The van der Waals surface area contributed by atoms with Gasteiger partial charge in [-0.05, 0) is 107 Å². The predicted molar refractivity (Wildman–Crippen MR) is 212 cm³/mol. The first-order valence-corrected chi connectivity index (χ1v) is 20.2. The SMILES string of the molecule is CC1CC=CN([C@H]2CCCC[C@H]2OC(=O)C2=CC=C([N+](=O)[O-])CC2)C(C2=CCCCC=C2)=C1CON1CCN(C(=O)OC(C)(C)C)C[C@H]1Cc1ccccc1. The lowest BCUT2D eigenvalue weighted by Crippen LogP contribution is -2.56. The van der Waals surface area contributed by atoms with E-state index in [9.17, 15) is 19.7 Å². The van der Waals surface area contributed by atoms with Crippen LogP contribution in [-0.2, 0) is 25.5 Å². The Bertz CT molecular complexity index is 1740. The number of hydroxylamine groups is 2. The number of amides is 1. The van der Waals surface area contributed by atoms with Crippen LogP contribution in [0.2, 0.25) is 0 Å². The highest BCUT2D eigenvalue weighted by molar-refractivity contribution is 5.89. The standard InChI is InChI=1S/C44H58N4O7/c1-32-15-14-26-46(39-20-12-13-21-40(39)54-42(49)35-22-24-36(25-23-35)48(51)52)41(34-18-10-5-6-11-19-34)38(32)31-53-47-28-27-45(43(50)55-44(2,3)4)30-37(47)29-33-16-8-7-9-17-33/h7-10,14,16-19,22,24,26,32,37,39-40H,5-6,11-13,15,20-21,23,25,27-31H2,1-4H3/t32?,37-,39+,40-/m1/s1. The van der Waals surface area contributed by atoms with Gasteiger partial charge in [0, 0.05) is 49.6 Å². The molecule has 3 aliphatic carbocycles. The quantitative estimate of drug-likeness (QED) is 0.132. The normalized spacial score (nSPS) is 25.3. The highest BCUT2D eigenvalue weighted by Gasteiger charge is 2.38. The monoisotopic (exact) mass is 754 g/mol. The minimum absolute atomic E-state index is 0.0764. The molecular weight excluding hydrogens is 697 g/mol. The van der Waals surface area contributed by atoms with Gasteiger partial charge in [-0.3, -0.25) is 15.0 Å². The van der Waals surface area contributed by atoms with Crippen LogP contribution in [0.5, 0.6) is 0 Å². The molecular formula is C44H58N4O7. The third-order valence-electron chi connectivity index (χ3n) is 11.1. The second kappa shape index (κ2) is 18.4. The van der Waals surface area contributed by atoms with Crippen molar-refractivity contribution in [2.45, 2.75) is 122 Å². The number of carbonyl (C=O) groups is 2. The van der Waals surface area contributed by atoms with E-state index in [-0.39, 0.29) is 53.2 Å². The third kappa shape index (κ3) is 10.6. The van der Waals surface area contributed by atoms with Gasteiger partial charge in [0.1, 0.15) is 11.7 Å². The molecule has 11 nitrogen and oxygen atoms in total. The number of piperazine rings is 1. The summed E-state index contributed by atoms with van der Waals surface area (Å²) in [5.41, 5.74) is 4.66. The summed E-state index contributed by atoms with van der Waals surface area (Å²) in [6.07, 6.45) is 22.3. The fourth-order valence-electron chi connectivity index (χ4n) is 8.16. The molecule has 1 aromatic carbocycles. The number of esters is 1. The lowest BCUT2D eigenvalue weighted by molar-refractivity contribution is -0.428. The Morgan fingerprint density at radius 3 is 2.53 bits per heavy atom. The predicted octanol–water partition coefficient (Wildman–Crippen LogP) is 8.59. The van der Waals surface area contributed by atoms with E-state index in [1.165, 1.54) is 17.2 Å². The molecule has 1 unspecified atom stereocenters. The summed E-state index contributed by atoms with van der Waals surface area (Å²) in [7, 11) is 0. The largest absolute Gasteiger partial charge is 0.457 e. The molecule has 4 atom stereocenters. The van der Waals surface area contributed by atoms with Gasteiger partial charge in [0.05, 0.1) is 23.6 Å². The van der Waals surface area contributed by atoms with Crippen LogP contribution in [0.3, 0.4) is 0 Å². The van der Waals surface area contributed by atoms with E-state index in [2.05, 4.69) is 59.5 Å². The number of hydrogen-bond acceptors (Lipinski definition) is 9. The summed E-state index contributed by atoms with van der Waals surface area (Å²) in [6.45, 7) is 9.85. The second-order valence-electron chi connectivity index (χ2n) is 16.4. The number of ether oxygens (including phenoxy) is 2. The molecule has 0 spiro atoms. The highest BCUT2D eigenvalue weighted by atomic mass is 16.7. The van der Waals surface area contributed by atoms with E-state index in [4.69, 9.17) is 14.3 Å². The average molecular weight is 755 g/mol. The van der Waals surface area contributed by atoms with Crippen LogP contribution in [0, 0.1) is 16.0 Å². The molecule has 0 aromatic heterocycles. The van der Waals surface area contributed by atoms with Gasteiger partial charge >= 0.3 is 12.1 Å². The van der Waals surface area contributed by atoms with Gasteiger partial charge < -0.3 is 19.3 Å². The molecule has 1 saturated heterocycles. The summed E-state index contributed by atoms with van der Waals surface area (Å²) in [6, 6.07) is 10.2. The number of hydrogen-bond donors (Lipinski definition) is 0. The van der Waals surface area contributed by atoms with Crippen LogP contribution in [0.15, 0.2) is 101 Å². The maximum absolute atomic E-state index is 13.5. The molecule has 5 aliphatic rings. The molecule has 0 N–H and O–H groups in total. The Kier molecular flexibility index (Phi) is 13.5. The van der Waals surface area contributed by atoms with Crippen molar-refractivity contribution >= 4 is 12.1 Å². The van der Waals surface area contributed by atoms with Crippen molar-refractivity contribution in [2.75, 3.05) is 26.2 Å². The molecule has 296 valence electrons. The summed E-state index contributed by atoms with van der Waals surface area (Å²) >= 11 is 0. The molecule has 1 amide bonds. The lowest BCUT2D eigenvalue weighted by Gasteiger charge is -2.42. The van der Waals surface area contributed by atoms with E-state index in [1.807, 2.05) is 39.0 Å². The van der Waals surface area contributed by atoms with Gasteiger partial charge in [-0.1, -0.05) is 68.0 Å². The Labute approximate surface area is 326 Å². The van der Waals surface area contributed by atoms with Crippen LogP contribution in [-0.4, -0.2) is 81.9 Å². The van der Waals surface area contributed by atoms with Crippen molar-refractivity contribution in [3.8, 4) is 0 Å². The summed E-state index contributed by atoms with van der Waals surface area (Å²) in [4.78, 5) is 48.7. The summed E-state index contributed by atoms with van der Waals surface area (Å²) < 4.78 is 12.1. The molecule has 6 rings (SSSR count). The lowest BCUT2D eigenvalue weighted by atomic mass is 9.88. The maximum atomic E-state index is 13.5. The number of rotatable bonds is 10. The minimum atomic E-state index is -0.581. The van der Waals surface area contributed by atoms with E-state index in [1.54, 1.807) is 11.0 Å². The van der Waals surface area contributed by atoms with E-state index in [0.717, 1.165) is 69.1 Å². The molecule has 11 heteroatoms. The van der Waals surface area contributed by atoms with Crippen molar-refractivity contribution < 1.29 is 28.8 Å². The highest BCUT2D eigenvalue weighted by Crippen LogP contribution is 2.38. The maximum Gasteiger partial charge on any atom is 0.410 e. The van der Waals surface area contributed by atoms with Crippen LogP contribution in [0.4, 0.5) is 4.79 Å². The van der Waals surface area contributed by atoms with Crippen molar-refractivity contribution in [2.24, 2.45) is 5.92 Å². The van der Waals surface area contributed by atoms with Crippen LogP contribution in [0.25, 0.3) is 0 Å². The third-order valence-corrected chi connectivity index (χ3v) is 11.1. The number of allylic oxidation sites excluding steroid dienone is 7. The topological polar surface area (TPSA) is 115 Å². The molecule has 0 bridgehead atoms. The molecule has 1 saturated carbocycles. The fraction of sp³-hybridized carbons (Fsp3) is 0.545. The zero-order valence-corrected chi connectivity index (χ0v) is 33.0. The van der Waals surface area contributed by atoms with Crippen LogP contribution < -0.4 is 0 Å². The zero-order chi connectivity index (χ0) is 39.0. The number of benzene rings is 1. The Balaban J connectivity index is 1.29. The number of carbonyl (C=O) groups excluding carboxylic acids is 2. The van der Waals surface area contributed by atoms with Crippen molar-refractivity contribution in [3.05, 3.63) is 117 Å². The molecule has 2 heterocycles. The van der Waals surface area contributed by atoms with E-state index >= 15 is 0 Å². The van der Waals surface area contributed by atoms with Gasteiger partial charge in [0.2, 0.25) is 5.70 Å². The Hall–Kier alpha value is -4.48. The molecule has 2 aliphatic heterocycles. The number of nitrogens with zero attached hydrogens (tertiary/aromatic N) is 4. The van der Waals surface area contributed by atoms with Gasteiger partial charge in [-0.2, -0.15) is 5.06 Å². The van der Waals surface area contributed by atoms with Gasteiger partial charge in [-0.25, -0.2) is 9.59 Å². The first-order chi connectivity index (χ1) is 26.5. The first-order valence-electron chi connectivity index (χ1n) is 20.2. The van der Waals surface area contributed by atoms with Crippen LogP contribution >= 0.6 is 0 Å². The van der Waals surface area contributed by atoms with Crippen LogP contribution in [0.1, 0.15) is 97.5 Å². The van der Waals surface area contributed by atoms with Gasteiger partial charge in [-0.15, -0.1) is 0 Å². The second-order valence-corrected chi connectivity index (χ2v) is 16.4.